The maximum absolute atomic E-state index is 5.51. The van der Waals surface area contributed by atoms with E-state index in [1.807, 2.05) is 13.8 Å². The number of rotatable bonds is 5. The lowest BCUT2D eigenvalue weighted by Crippen LogP contribution is -2.44. The molecule has 0 spiro atoms. The zero-order valence-electron chi connectivity index (χ0n) is 13.8. The second-order valence-corrected chi connectivity index (χ2v) is 5.78. The first-order valence-corrected chi connectivity index (χ1v) is 6.94. The maximum Gasteiger partial charge on any atom is 0.214 e. The molecular weight excluding hydrogens is 381 g/mol. The molecule has 0 saturated carbocycles. The number of nitrogens with zero attached hydrogens (tertiary/aromatic N) is 2. The van der Waals surface area contributed by atoms with Crippen molar-refractivity contribution in [2.75, 3.05) is 20.1 Å². The second kappa shape index (κ2) is 9.24. The summed E-state index contributed by atoms with van der Waals surface area (Å²) < 4.78 is 5.51. The topological polar surface area (TPSA) is 74.5 Å². The van der Waals surface area contributed by atoms with E-state index in [1.54, 1.807) is 7.05 Å². The molecule has 7 heteroatoms. The number of hydrogen-bond donors (Lipinski definition) is 3. The van der Waals surface area contributed by atoms with Crippen LogP contribution in [-0.2, 0) is 6.54 Å². The van der Waals surface area contributed by atoms with Crippen LogP contribution in [0.15, 0.2) is 9.41 Å². The van der Waals surface area contributed by atoms with Gasteiger partial charge in [-0.1, -0.05) is 0 Å². The molecule has 0 fully saturated rings. The van der Waals surface area contributed by atoms with Crippen LogP contribution >= 0.6 is 24.0 Å². The van der Waals surface area contributed by atoms with Crippen molar-refractivity contribution in [1.29, 1.82) is 0 Å². The molecule has 0 aliphatic carbocycles. The molecule has 122 valence electrons. The Morgan fingerprint density at radius 2 is 1.86 bits per heavy atom. The van der Waals surface area contributed by atoms with E-state index >= 15 is 0 Å². The highest BCUT2D eigenvalue weighted by molar-refractivity contribution is 14.0. The van der Waals surface area contributed by atoms with Crippen molar-refractivity contribution in [3.05, 3.63) is 17.3 Å². The van der Waals surface area contributed by atoms with Gasteiger partial charge in [-0.2, -0.15) is 0 Å². The summed E-state index contributed by atoms with van der Waals surface area (Å²) in [7, 11) is 1.75. The summed E-state index contributed by atoms with van der Waals surface area (Å²) >= 11 is 0. The lowest BCUT2D eigenvalue weighted by atomic mass is 10.1. The molecule has 0 aliphatic rings. The smallest absolute Gasteiger partial charge is 0.214 e. The monoisotopic (exact) mass is 409 g/mol. The van der Waals surface area contributed by atoms with Gasteiger partial charge in [0.25, 0.3) is 0 Å². The Kier molecular flexibility index (Phi) is 8.88. The van der Waals surface area contributed by atoms with E-state index < -0.39 is 0 Å². The largest absolute Gasteiger partial charge is 0.444 e. The van der Waals surface area contributed by atoms with Crippen LogP contribution in [-0.4, -0.2) is 36.6 Å². The third-order valence-corrected chi connectivity index (χ3v) is 2.78. The van der Waals surface area contributed by atoms with Crippen molar-refractivity contribution in [2.45, 2.75) is 46.7 Å². The van der Waals surface area contributed by atoms with Gasteiger partial charge in [-0.25, -0.2) is 4.98 Å². The molecule has 1 aromatic heterocycles. The van der Waals surface area contributed by atoms with Gasteiger partial charge in [-0.3, -0.25) is 4.99 Å². The van der Waals surface area contributed by atoms with Crippen LogP contribution < -0.4 is 16.0 Å². The summed E-state index contributed by atoms with van der Waals surface area (Å²) in [5, 5.41) is 9.83. The quantitative estimate of drug-likeness (QED) is 0.300. The number of aromatic nitrogens is 1. The minimum Gasteiger partial charge on any atom is -0.444 e. The Bertz CT molecular complexity index is 431. The van der Waals surface area contributed by atoms with E-state index in [0.29, 0.717) is 12.4 Å². The molecule has 0 radical (unpaired) electrons. The van der Waals surface area contributed by atoms with Crippen LogP contribution in [0.2, 0.25) is 0 Å². The van der Waals surface area contributed by atoms with Crippen LogP contribution in [0.1, 0.15) is 38.1 Å². The third-order valence-electron chi connectivity index (χ3n) is 2.78. The zero-order valence-corrected chi connectivity index (χ0v) is 16.2. The number of halogens is 1. The lowest BCUT2D eigenvalue weighted by Gasteiger charge is -2.21. The SMILES string of the molecule is CN=C(NCCNC(C)(C)C)NCc1nc(C)c(C)o1.I. The molecule has 1 rings (SSSR count). The summed E-state index contributed by atoms with van der Waals surface area (Å²) in [4.78, 5) is 8.48. The highest BCUT2D eigenvalue weighted by atomic mass is 127. The third kappa shape index (κ3) is 8.25. The molecule has 0 unspecified atom stereocenters. The molecular formula is C14H28IN5O. The normalized spacial score (nSPS) is 12.0. The van der Waals surface area contributed by atoms with E-state index in [0.717, 1.165) is 30.5 Å². The van der Waals surface area contributed by atoms with Gasteiger partial charge in [0.15, 0.2) is 5.96 Å². The molecule has 0 bridgehead atoms. The summed E-state index contributed by atoms with van der Waals surface area (Å²) in [6.07, 6.45) is 0. The van der Waals surface area contributed by atoms with Crippen molar-refractivity contribution in [3.8, 4) is 0 Å². The Hall–Kier alpha value is -0.830. The fraction of sp³-hybridized carbons (Fsp3) is 0.714. The Balaban J connectivity index is 0.00000400. The van der Waals surface area contributed by atoms with Gasteiger partial charge in [0, 0.05) is 25.7 Å². The Morgan fingerprint density at radius 1 is 1.19 bits per heavy atom. The Morgan fingerprint density at radius 3 is 2.33 bits per heavy atom. The van der Waals surface area contributed by atoms with Crippen LogP contribution in [0.3, 0.4) is 0 Å². The van der Waals surface area contributed by atoms with Gasteiger partial charge in [-0.15, -0.1) is 24.0 Å². The molecule has 0 atom stereocenters. The molecule has 3 N–H and O–H groups in total. The van der Waals surface area contributed by atoms with Gasteiger partial charge in [0.05, 0.1) is 12.2 Å². The highest BCUT2D eigenvalue weighted by Crippen LogP contribution is 2.07. The first-order chi connectivity index (χ1) is 9.31. The Labute approximate surface area is 144 Å². The van der Waals surface area contributed by atoms with Crippen LogP contribution in [0.5, 0.6) is 0 Å². The summed E-state index contributed by atoms with van der Waals surface area (Å²) in [6.45, 7) is 12.5. The lowest BCUT2D eigenvalue weighted by molar-refractivity contribution is 0.428. The van der Waals surface area contributed by atoms with Crippen molar-refractivity contribution in [2.24, 2.45) is 4.99 Å². The molecule has 1 aromatic rings. The van der Waals surface area contributed by atoms with Crippen molar-refractivity contribution in [3.63, 3.8) is 0 Å². The van der Waals surface area contributed by atoms with E-state index in [-0.39, 0.29) is 29.5 Å². The van der Waals surface area contributed by atoms with Gasteiger partial charge in [0.2, 0.25) is 5.89 Å². The van der Waals surface area contributed by atoms with Gasteiger partial charge in [0.1, 0.15) is 5.76 Å². The van der Waals surface area contributed by atoms with Crippen molar-refractivity contribution >= 4 is 29.9 Å². The van der Waals surface area contributed by atoms with E-state index in [2.05, 4.69) is 46.7 Å². The number of guanidine groups is 1. The van der Waals surface area contributed by atoms with Crippen molar-refractivity contribution in [1.82, 2.24) is 20.9 Å². The number of aryl methyl sites for hydroxylation is 2. The maximum atomic E-state index is 5.51. The highest BCUT2D eigenvalue weighted by Gasteiger charge is 2.08. The number of hydrogen-bond acceptors (Lipinski definition) is 4. The molecule has 1 heterocycles. The molecule has 0 saturated heterocycles. The van der Waals surface area contributed by atoms with E-state index in [4.69, 9.17) is 4.42 Å². The van der Waals surface area contributed by atoms with Crippen LogP contribution in [0.4, 0.5) is 0 Å². The molecule has 0 aliphatic heterocycles. The van der Waals surface area contributed by atoms with Crippen LogP contribution in [0.25, 0.3) is 0 Å². The minimum atomic E-state index is 0. The molecule has 0 amide bonds. The first kappa shape index (κ1) is 20.2. The fourth-order valence-corrected chi connectivity index (χ4v) is 1.61. The minimum absolute atomic E-state index is 0. The van der Waals surface area contributed by atoms with Crippen LogP contribution in [0, 0.1) is 13.8 Å². The number of oxazole rings is 1. The fourth-order valence-electron chi connectivity index (χ4n) is 1.61. The predicted molar refractivity (Wildman–Crippen MR) is 97.3 cm³/mol. The summed E-state index contributed by atoms with van der Waals surface area (Å²) in [5.41, 5.74) is 1.06. The van der Waals surface area contributed by atoms with Crippen molar-refractivity contribution < 1.29 is 4.42 Å². The molecule has 0 aromatic carbocycles. The average Bonchev–Trinajstić information content (AvgIpc) is 2.66. The van der Waals surface area contributed by atoms with Gasteiger partial charge in [-0.05, 0) is 34.6 Å². The summed E-state index contributed by atoms with van der Waals surface area (Å²) in [6, 6.07) is 0. The first-order valence-electron chi connectivity index (χ1n) is 6.94. The van der Waals surface area contributed by atoms with Gasteiger partial charge < -0.3 is 20.4 Å². The number of nitrogens with one attached hydrogen (secondary N) is 3. The zero-order chi connectivity index (χ0) is 15.2. The summed E-state index contributed by atoms with van der Waals surface area (Å²) in [5.74, 6) is 2.28. The second-order valence-electron chi connectivity index (χ2n) is 5.78. The van der Waals surface area contributed by atoms with Gasteiger partial charge >= 0.3 is 0 Å². The molecule has 6 nitrogen and oxygen atoms in total. The number of aliphatic imine (C=N–C) groups is 1. The van der Waals surface area contributed by atoms with E-state index in [1.165, 1.54) is 0 Å². The average molecular weight is 409 g/mol. The molecule has 21 heavy (non-hydrogen) atoms. The van der Waals surface area contributed by atoms with E-state index in [9.17, 15) is 0 Å². The standard InChI is InChI=1S/C14H27N5O.HI/c1-10-11(2)20-12(19-10)9-17-13(15-6)16-7-8-18-14(3,4)5;/h18H,7-9H2,1-6H3,(H2,15,16,17);1H. The predicted octanol–water partition coefficient (Wildman–Crippen LogP) is 1.96.